The summed E-state index contributed by atoms with van der Waals surface area (Å²) in [6.07, 6.45) is 1.16. The second-order valence-electron chi connectivity index (χ2n) is 6.56. The summed E-state index contributed by atoms with van der Waals surface area (Å²) in [4.78, 5) is 0. The van der Waals surface area contributed by atoms with Crippen molar-refractivity contribution in [3.63, 3.8) is 0 Å². The molecule has 3 nitrogen and oxygen atoms in total. The number of aliphatic hydroxyl groups is 1. The number of benzene rings is 3. The predicted molar refractivity (Wildman–Crippen MR) is 108 cm³/mol. The van der Waals surface area contributed by atoms with E-state index in [4.69, 9.17) is 9.47 Å². The van der Waals surface area contributed by atoms with Crippen LogP contribution in [0.2, 0.25) is 0 Å². The first-order valence-corrected chi connectivity index (χ1v) is 9.41. The van der Waals surface area contributed by atoms with E-state index in [1.165, 1.54) is 0 Å². The van der Waals surface area contributed by atoms with Gasteiger partial charge in [0, 0.05) is 0 Å². The lowest BCUT2D eigenvalue weighted by atomic mass is 10.0. The fourth-order valence-electron chi connectivity index (χ4n) is 2.87. The third-order valence-corrected chi connectivity index (χ3v) is 4.39. The molecule has 0 radical (unpaired) electrons. The Hall–Kier alpha value is -2.78. The summed E-state index contributed by atoms with van der Waals surface area (Å²) in [5.74, 6) is 1.34. The molecule has 3 aromatic rings. The van der Waals surface area contributed by atoms with E-state index in [0.29, 0.717) is 24.7 Å². The van der Waals surface area contributed by atoms with Crippen LogP contribution in [0.1, 0.15) is 42.6 Å². The zero-order valence-electron chi connectivity index (χ0n) is 15.7. The molecule has 0 saturated carbocycles. The van der Waals surface area contributed by atoms with Crippen LogP contribution in [0.4, 0.5) is 0 Å². The smallest absolute Gasteiger partial charge is 0.162 e. The van der Waals surface area contributed by atoms with Crippen LogP contribution in [0.15, 0.2) is 78.9 Å². The average molecular weight is 362 g/mol. The molecule has 3 aromatic carbocycles. The van der Waals surface area contributed by atoms with Crippen LogP contribution in [0.3, 0.4) is 0 Å². The lowest BCUT2D eigenvalue weighted by Crippen LogP contribution is -2.03. The Labute approximate surface area is 161 Å². The second-order valence-corrected chi connectivity index (χ2v) is 6.56. The van der Waals surface area contributed by atoms with Crippen LogP contribution in [0.25, 0.3) is 0 Å². The first kappa shape index (κ1) is 19.0. The van der Waals surface area contributed by atoms with E-state index in [9.17, 15) is 5.11 Å². The quantitative estimate of drug-likeness (QED) is 0.532. The molecular formula is C24H26O3. The van der Waals surface area contributed by atoms with Gasteiger partial charge in [-0.15, -0.1) is 0 Å². The summed E-state index contributed by atoms with van der Waals surface area (Å²) in [5, 5.41) is 10.3. The minimum atomic E-state index is -0.489. The topological polar surface area (TPSA) is 38.7 Å². The largest absolute Gasteiger partial charge is 0.485 e. The Morgan fingerprint density at radius 3 is 1.85 bits per heavy atom. The predicted octanol–water partition coefficient (Wildman–Crippen LogP) is 5.68. The van der Waals surface area contributed by atoms with Crippen molar-refractivity contribution < 1.29 is 14.6 Å². The Morgan fingerprint density at radius 2 is 1.30 bits per heavy atom. The van der Waals surface area contributed by atoms with Crippen molar-refractivity contribution in [1.29, 1.82) is 0 Å². The SMILES string of the molecule is CCCC(O)c1ccc(OCc2ccccc2)c(OCc2ccccc2)c1. The lowest BCUT2D eigenvalue weighted by Gasteiger charge is -2.16. The van der Waals surface area contributed by atoms with Crippen LogP contribution < -0.4 is 9.47 Å². The van der Waals surface area contributed by atoms with Gasteiger partial charge in [-0.25, -0.2) is 0 Å². The average Bonchev–Trinajstić information content (AvgIpc) is 2.72. The van der Waals surface area contributed by atoms with Crippen molar-refractivity contribution >= 4 is 0 Å². The molecular weight excluding hydrogens is 336 g/mol. The van der Waals surface area contributed by atoms with Crippen LogP contribution in [0.5, 0.6) is 11.5 Å². The van der Waals surface area contributed by atoms with Gasteiger partial charge in [-0.05, 0) is 35.2 Å². The number of ether oxygens (including phenoxy) is 2. The van der Waals surface area contributed by atoms with Gasteiger partial charge in [0.25, 0.3) is 0 Å². The molecule has 0 amide bonds. The van der Waals surface area contributed by atoms with Crippen molar-refractivity contribution in [3.8, 4) is 11.5 Å². The molecule has 0 fully saturated rings. The van der Waals surface area contributed by atoms with Crippen molar-refractivity contribution in [1.82, 2.24) is 0 Å². The molecule has 0 bridgehead atoms. The van der Waals surface area contributed by atoms with Gasteiger partial charge in [0.05, 0.1) is 6.10 Å². The summed E-state index contributed by atoms with van der Waals surface area (Å²) in [7, 11) is 0. The van der Waals surface area contributed by atoms with Crippen LogP contribution in [-0.2, 0) is 13.2 Å². The summed E-state index contributed by atoms with van der Waals surface area (Å²) >= 11 is 0. The summed E-state index contributed by atoms with van der Waals surface area (Å²) in [6.45, 7) is 2.99. The van der Waals surface area contributed by atoms with Crippen molar-refractivity contribution in [2.45, 2.75) is 39.1 Å². The molecule has 3 rings (SSSR count). The molecule has 0 heterocycles. The van der Waals surface area contributed by atoms with Gasteiger partial charge in [-0.2, -0.15) is 0 Å². The molecule has 0 aliphatic rings. The third kappa shape index (κ3) is 5.60. The van der Waals surface area contributed by atoms with Gasteiger partial charge in [0.2, 0.25) is 0 Å². The lowest BCUT2D eigenvalue weighted by molar-refractivity contribution is 0.165. The normalized spacial score (nSPS) is 11.8. The van der Waals surface area contributed by atoms with Gasteiger partial charge in [-0.3, -0.25) is 0 Å². The fourth-order valence-corrected chi connectivity index (χ4v) is 2.87. The maximum Gasteiger partial charge on any atom is 0.162 e. The van der Waals surface area contributed by atoms with Gasteiger partial charge < -0.3 is 14.6 Å². The second kappa shape index (κ2) is 9.79. The van der Waals surface area contributed by atoms with Gasteiger partial charge in [0.15, 0.2) is 11.5 Å². The van der Waals surface area contributed by atoms with Crippen molar-refractivity contribution in [2.24, 2.45) is 0 Å². The maximum atomic E-state index is 10.3. The van der Waals surface area contributed by atoms with E-state index >= 15 is 0 Å². The van der Waals surface area contributed by atoms with Gasteiger partial charge in [-0.1, -0.05) is 80.1 Å². The molecule has 3 heteroatoms. The molecule has 27 heavy (non-hydrogen) atoms. The van der Waals surface area contributed by atoms with Gasteiger partial charge >= 0.3 is 0 Å². The fraction of sp³-hybridized carbons (Fsp3) is 0.250. The first-order chi connectivity index (χ1) is 13.3. The Kier molecular flexibility index (Phi) is 6.89. The van der Waals surface area contributed by atoms with E-state index in [2.05, 4.69) is 6.92 Å². The molecule has 1 atom stereocenters. The monoisotopic (exact) mass is 362 g/mol. The zero-order chi connectivity index (χ0) is 18.9. The van der Waals surface area contributed by atoms with E-state index in [-0.39, 0.29) is 0 Å². The van der Waals surface area contributed by atoms with Crippen molar-refractivity contribution in [2.75, 3.05) is 0 Å². The highest BCUT2D eigenvalue weighted by Crippen LogP contribution is 2.33. The summed E-state index contributed by atoms with van der Waals surface area (Å²) in [5.41, 5.74) is 3.04. The zero-order valence-corrected chi connectivity index (χ0v) is 15.7. The molecule has 140 valence electrons. The molecule has 1 N–H and O–H groups in total. The highest BCUT2D eigenvalue weighted by Gasteiger charge is 2.12. The minimum Gasteiger partial charge on any atom is -0.485 e. The Bertz CT molecular complexity index is 816. The number of rotatable bonds is 9. The minimum absolute atomic E-state index is 0.454. The van der Waals surface area contributed by atoms with E-state index in [1.807, 2.05) is 78.9 Å². The molecule has 0 saturated heterocycles. The maximum absolute atomic E-state index is 10.3. The van der Waals surface area contributed by atoms with E-state index in [1.54, 1.807) is 0 Å². The third-order valence-electron chi connectivity index (χ3n) is 4.39. The van der Waals surface area contributed by atoms with Crippen LogP contribution in [0, 0.1) is 0 Å². The number of hydrogen-bond donors (Lipinski definition) is 1. The first-order valence-electron chi connectivity index (χ1n) is 9.41. The Balaban J connectivity index is 1.77. The van der Waals surface area contributed by atoms with E-state index in [0.717, 1.165) is 29.5 Å². The number of aliphatic hydroxyl groups excluding tert-OH is 1. The van der Waals surface area contributed by atoms with Gasteiger partial charge in [0.1, 0.15) is 13.2 Å². The summed E-state index contributed by atoms with van der Waals surface area (Å²) < 4.78 is 12.0. The van der Waals surface area contributed by atoms with Crippen LogP contribution >= 0.6 is 0 Å². The highest BCUT2D eigenvalue weighted by molar-refractivity contribution is 5.44. The van der Waals surface area contributed by atoms with E-state index < -0.39 is 6.10 Å². The molecule has 0 aliphatic heterocycles. The number of hydrogen-bond acceptors (Lipinski definition) is 3. The van der Waals surface area contributed by atoms with Crippen molar-refractivity contribution in [3.05, 3.63) is 95.6 Å². The summed E-state index contributed by atoms with van der Waals surface area (Å²) in [6, 6.07) is 25.8. The standard InChI is InChI=1S/C24H26O3/c1-2-9-22(25)21-14-15-23(26-17-19-10-5-3-6-11-19)24(16-21)27-18-20-12-7-4-8-13-20/h3-8,10-16,22,25H,2,9,17-18H2,1H3. The molecule has 0 aliphatic carbocycles. The highest BCUT2D eigenvalue weighted by atomic mass is 16.5. The van der Waals surface area contributed by atoms with Crippen LogP contribution in [-0.4, -0.2) is 5.11 Å². The Morgan fingerprint density at radius 1 is 0.741 bits per heavy atom. The molecule has 1 unspecified atom stereocenters. The molecule has 0 aromatic heterocycles. The molecule has 0 spiro atoms.